The number of hydrogen-bond donors (Lipinski definition) is 0. The van der Waals surface area contributed by atoms with E-state index in [9.17, 15) is 14.4 Å². The van der Waals surface area contributed by atoms with Crippen molar-refractivity contribution in [2.24, 2.45) is 5.92 Å². The lowest BCUT2D eigenvalue weighted by atomic mass is 10.1. The fourth-order valence-corrected chi connectivity index (χ4v) is 3.32. The van der Waals surface area contributed by atoms with Gasteiger partial charge >= 0.3 is 5.97 Å². The van der Waals surface area contributed by atoms with Gasteiger partial charge in [0.05, 0.1) is 5.92 Å². The summed E-state index contributed by atoms with van der Waals surface area (Å²) in [5.74, 6) is -1.58. The maximum absolute atomic E-state index is 12.5. The fourth-order valence-electron chi connectivity index (χ4n) is 3.15. The van der Waals surface area contributed by atoms with Crippen molar-refractivity contribution in [3.63, 3.8) is 0 Å². The van der Waals surface area contributed by atoms with E-state index in [4.69, 9.17) is 16.3 Å². The molecule has 0 saturated carbocycles. The zero-order chi connectivity index (χ0) is 19.6. The number of amides is 1. The van der Waals surface area contributed by atoms with E-state index in [1.807, 2.05) is 13.0 Å². The second kappa shape index (κ2) is 7.92. The SMILES string of the molecule is Cc1c(Cl)cccc1N1C[C@H](C(=O)O[C@@H](C)C(=O)c2ccccc2)CC1=O. The number of carbonyl (C=O) groups excluding carboxylic acids is 3. The summed E-state index contributed by atoms with van der Waals surface area (Å²) < 4.78 is 5.34. The van der Waals surface area contributed by atoms with Crippen molar-refractivity contribution in [2.45, 2.75) is 26.4 Å². The van der Waals surface area contributed by atoms with Crippen LogP contribution < -0.4 is 4.90 Å². The number of anilines is 1. The highest BCUT2D eigenvalue weighted by molar-refractivity contribution is 6.31. The summed E-state index contributed by atoms with van der Waals surface area (Å²) in [4.78, 5) is 38.8. The van der Waals surface area contributed by atoms with Gasteiger partial charge in [-0.2, -0.15) is 0 Å². The quantitative estimate of drug-likeness (QED) is 0.579. The molecule has 2 aromatic carbocycles. The van der Waals surface area contributed by atoms with Crippen molar-refractivity contribution < 1.29 is 19.1 Å². The molecule has 1 saturated heterocycles. The third-order valence-corrected chi connectivity index (χ3v) is 5.12. The van der Waals surface area contributed by atoms with E-state index < -0.39 is 18.0 Å². The maximum atomic E-state index is 12.5. The van der Waals surface area contributed by atoms with Gasteiger partial charge < -0.3 is 9.64 Å². The van der Waals surface area contributed by atoms with Gasteiger partial charge in [0, 0.05) is 29.2 Å². The molecule has 0 radical (unpaired) electrons. The Kier molecular flexibility index (Phi) is 5.61. The highest BCUT2D eigenvalue weighted by atomic mass is 35.5. The van der Waals surface area contributed by atoms with Crippen LogP contribution in [-0.4, -0.2) is 30.3 Å². The number of halogens is 1. The standard InChI is InChI=1S/C21H20ClNO4/c1-13-17(22)9-6-10-18(13)23-12-16(11-19(23)24)21(26)27-14(2)20(25)15-7-4-3-5-8-15/h3-10,14,16H,11-12H2,1-2H3/t14-,16+/m0/s1. The molecule has 1 amide bonds. The first-order chi connectivity index (χ1) is 12.9. The average Bonchev–Trinajstić information content (AvgIpc) is 3.05. The van der Waals surface area contributed by atoms with Crippen LogP contribution in [0.3, 0.4) is 0 Å². The van der Waals surface area contributed by atoms with Gasteiger partial charge in [-0.3, -0.25) is 14.4 Å². The van der Waals surface area contributed by atoms with Crippen LogP contribution in [0.4, 0.5) is 5.69 Å². The first-order valence-corrected chi connectivity index (χ1v) is 9.11. The molecule has 6 heteroatoms. The van der Waals surface area contributed by atoms with Crippen LogP contribution >= 0.6 is 11.6 Å². The van der Waals surface area contributed by atoms with E-state index >= 15 is 0 Å². The third-order valence-electron chi connectivity index (χ3n) is 4.71. The van der Waals surface area contributed by atoms with Crippen LogP contribution in [0.15, 0.2) is 48.5 Å². The van der Waals surface area contributed by atoms with Gasteiger partial charge in [-0.15, -0.1) is 0 Å². The number of benzene rings is 2. The van der Waals surface area contributed by atoms with Crippen molar-refractivity contribution in [2.75, 3.05) is 11.4 Å². The number of ether oxygens (including phenoxy) is 1. The molecule has 27 heavy (non-hydrogen) atoms. The van der Waals surface area contributed by atoms with Crippen LogP contribution in [-0.2, 0) is 14.3 Å². The number of ketones is 1. The molecule has 1 heterocycles. The molecule has 0 N–H and O–H groups in total. The Balaban J connectivity index is 1.67. The number of carbonyl (C=O) groups is 3. The van der Waals surface area contributed by atoms with Gasteiger partial charge in [0.15, 0.2) is 6.10 Å². The summed E-state index contributed by atoms with van der Waals surface area (Å²) in [6.45, 7) is 3.59. The molecule has 0 bridgehead atoms. The molecule has 140 valence electrons. The zero-order valence-corrected chi connectivity index (χ0v) is 15.9. The van der Waals surface area contributed by atoms with Crippen LogP contribution in [0.5, 0.6) is 0 Å². The van der Waals surface area contributed by atoms with E-state index in [2.05, 4.69) is 0 Å². The lowest BCUT2D eigenvalue weighted by Crippen LogP contribution is -2.30. The number of nitrogens with zero attached hydrogens (tertiary/aromatic N) is 1. The molecule has 1 aliphatic heterocycles. The molecule has 0 spiro atoms. The van der Waals surface area contributed by atoms with Crippen LogP contribution in [0, 0.1) is 12.8 Å². The van der Waals surface area contributed by atoms with Crippen LogP contribution in [0.1, 0.15) is 29.3 Å². The summed E-state index contributed by atoms with van der Waals surface area (Å²) in [6, 6.07) is 14.0. The van der Waals surface area contributed by atoms with Crippen molar-refractivity contribution in [1.82, 2.24) is 0 Å². The first-order valence-electron chi connectivity index (χ1n) is 8.73. The van der Waals surface area contributed by atoms with E-state index in [1.165, 1.54) is 0 Å². The lowest BCUT2D eigenvalue weighted by Gasteiger charge is -2.20. The predicted octanol–water partition coefficient (Wildman–Crippen LogP) is 3.82. The fraction of sp³-hybridized carbons (Fsp3) is 0.286. The van der Waals surface area contributed by atoms with Gasteiger partial charge in [0.25, 0.3) is 0 Å². The topological polar surface area (TPSA) is 63.7 Å². The minimum atomic E-state index is -0.906. The largest absolute Gasteiger partial charge is 0.454 e. The number of hydrogen-bond acceptors (Lipinski definition) is 4. The second-order valence-corrected chi connectivity index (χ2v) is 7.01. The van der Waals surface area contributed by atoms with Crippen molar-refractivity contribution >= 4 is 34.9 Å². The highest BCUT2D eigenvalue weighted by Crippen LogP contribution is 2.32. The van der Waals surface area contributed by atoms with Crippen LogP contribution in [0.25, 0.3) is 0 Å². The van der Waals surface area contributed by atoms with Gasteiger partial charge in [0.2, 0.25) is 11.7 Å². The van der Waals surface area contributed by atoms with Gasteiger partial charge in [-0.25, -0.2) is 0 Å². The lowest BCUT2D eigenvalue weighted by molar-refractivity contribution is -0.151. The van der Waals surface area contributed by atoms with Gasteiger partial charge in [-0.05, 0) is 31.5 Å². The minimum absolute atomic E-state index is 0.0526. The molecule has 1 fully saturated rings. The Morgan fingerprint density at radius 2 is 1.85 bits per heavy atom. The molecule has 2 atom stereocenters. The number of rotatable bonds is 5. The van der Waals surface area contributed by atoms with Gasteiger partial charge in [0.1, 0.15) is 0 Å². The normalized spacial score (nSPS) is 17.7. The Morgan fingerprint density at radius 3 is 2.56 bits per heavy atom. The zero-order valence-electron chi connectivity index (χ0n) is 15.1. The third kappa shape index (κ3) is 4.03. The van der Waals surface area contributed by atoms with E-state index in [0.717, 1.165) is 5.56 Å². The van der Waals surface area contributed by atoms with Crippen LogP contribution in [0.2, 0.25) is 5.02 Å². The summed E-state index contributed by atoms with van der Waals surface area (Å²) in [6.07, 6.45) is -0.853. The smallest absolute Gasteiger partial charge is 0.312 e. The number of Topliss-reactive ketones (excluding diaryl/α,β-unsaturated/α-hetero) is 1. The summed E-state index contributed by atoms with van der Waals surface area (Å²) in [7, 11) is 0. The Morgan fingerprint density at radius 1 is 1.15 bits per heavy atom. The summed E-state index contributed by atoms with van der Waals surface area (Å²) in [5, 5.41) is 0.563. The molecular formula is C21H20ClNO4. The molecule has 2 aromatic rings. The predicted molar refractivity (Wildman–Crippen MR) is 103 cm³/mol. The summed E-state index contributed by atoms with van der Waals surface area (Å²) >= 11 is 6.13. The second-order valence-electron chi connectivity index (χ2n) is 6.60. The Labute approximate surface area is 162 Å². The molecule has 1 aliphatic rings. The Bertz CT molecular complexity index is 881. The molecule has 5 nitrogen and oxygen atoms in total. The molecule has 0 unspecified atom stereocenters. The summed E-state index contributed by atoms with van der Waals surface area (Å²) in [5.41, 5.74) is 1.96. The molecular weight excluding hydrogens is 366 g/mol. The monoisotopic (exact) mass is 385 g/mol. The van der Waals surface area contributed by atoms with Gasteiger partial charge in [-0.1, -0.05) is 48.0 Å². The number of esters is 1. The molecule has 0 aromatic heterocycles. The first kappa shape index (κ1) is 19.1. The van der Waals surface area contributed by atoms with E-state index in [1.54, 1.807) is 54.3 Å². The van der Waals surface area contributed by atoms with Crippen molar-refractivity contribution in [3.8, 4) is 0 Å². The average molecular weight is 386 g/mol. The molecule has 0 aliphatic carbocycles. The van der Waals surface area contributed by atoms with E-state index in [0.29, 0.717) is 16.3 Å². The van der Waals surface area contributed by atoms with E-state index in [-0.39, 0.29) is 24.7 Å². The highest BCUT2D eigenvalue weighted by Gasteiger charge is 2.38. The van der Waals surface area contributed by atoms with Crippen molar-refractivity contribution in [3.05, 3.63) is 64.7 Å². The van der Waals surface area contributed by atoms with Crippen molar-refractivity contribution in [1.29, 1.82) is 0 Å². The Hall–Kier alpha value is -2.66. The molecule has 3 rings (SSSR count). The maximum Gasteiger partial charge on any atom is 0.312 e. The minimum Gasteiger partial charge on any atom is -0.454 e.